The zero-order valence-corrected chi connectivity index (χ0v) is 11.2. The van der Waals surface area contributed by atoms with Crippen LogP contribution in [0.1, 0.15) is 28.4 Å². The minimum atomic E-state index is -1.16. The monoisotopic (exact) mass is 287 g/mol. The maximum Gasteiger partial charge on any atom is 0.337 e. The molecule has 0 amide bonds. The Morgan fingerprint density at radius 1 is 1.29 bits per heavy atom. The molecule has 1 aliphatic rings. The van der Waals surface area contributed by atoms with Gasteiger partial charge in [0.1, 0.15) is 11.6 Å². The number of carboxylic acid groups (broad SMARTS) is 1. The Bertz CT molecular complexity index is 687. The number of hydrogen-bond donors (Lipinski definition) is 2. The molecule has 2 N–H and O–H groups in total. The smallest absolute Gasteiger partial charge is 0.337 e. The number of hydrogen-bond acceptors (Lipinski definition) is 3. The van der Waals surface area contributed by atoms with Crippen LogP contribution in [0.5, 0.6) is 5.75 Å². The predicted molar refractivity (Wildman–Crippen MR) is 76.3 cm³/mol. The molecule has 5 heteroatoms. The van der Waals surface area contributed by atoms with Crippen molar-refractivity contribution in [1.82, 2.24) is 0 Å². The summed E-state index contributed by atoms with van der Waals surface area (Å²) in [5, 5.41) is 12.4. The van der Waals surface area contributed by atoms with Crippen LogP contribution in [0.3, 0.4) is 0 Å². The summed E-state index contributed by atoms with van der Waals surface area (Å²) in [6.07, 6.45) is 0.716. The van der Waals surface area contributed by atoms with Crippen LogP contribution in [0.2, 0.25) is 0 Å². The van der Waals surface area contributed by atoms with Gasteiger partial charge in [-0.2, -0.15) is 0 Å². The first kappa shape index (κ1) is 13.4. The first-order valence-corrected chi connectivity index (χ1v) is 6.66. The molecule has 1 heterocycles. The second-order valence-corrected chi connectivity index (χ2v) is 4.87. The van der Waals surface area contributed by atoms with Crippen molar-refractivity contribution in [3.63, 3.8) is 0 Å². The zero-order valence-electron chi connectivity index (χ0n) is 11.2. The van der Waals surface area contributed by atoms with Crippen LogP contribution in [0.4, 0.5) is 10.1 Å². The molecule has 1 atom stereocenters. The number of aromatic carboxylic acids is 1. The maximum absolute atomic E-state index is 13.2. The summed E-state index contributed by atoms with van der Waals surface area (Å²) < 4.78 is 18.8. The maximum atomic E-state index is 13.2. The van der Waals surface area contributed by atoms with Crippen LogP contribution in [-0.2, 0) is 0 Å². The zero-order chi connectivity index (χ0) is 14.8. The lowest BCUT2D eigenvalue weighted by atomic mass is 9.99. The fourth-order valence-electron chi connectivity index (χ4n) is 2.50. The number of fused-ring (bicyclic) bond motifs is 1. The third-order valence-corrected chi connectivity index (χ3v) is 3.50. The van der Waals surface area contributed by atoms with Crippen molar-refractivity contribution in [3.05, 3.63) is 59.4 Å². The van der Waals surface area contributed by atoms with Gasteiger partial charge in [-0.15, -0.1) is 0 Å². The van der Waals surface area contributed by atoms with Gasteiger partial charge < -0.3 is 15.2 Å². The second kappa shape index (κ2) is 5.44. The van der Waals surface area contributed by atoms with E-state index in [1.165, 1.54) is 12.1 Å². The Hall–Kier alpha value is -2.56. The number of carboxylic acids is 1. The molecule has 1 aliphatic heterocycles. The third-order valence-electron chi connectivity index (χ3n) is 3.50. The molecule has 0 bridgehead atoms. The average Bonchev–Trinajstić information content (AvgIpc) is 2.49. The lowest BCUT2D eigenvalue weighted by Crippen LogP contribution is -2.21. The lowest BCUT2D eigenvalue weighted by molar-refractivity contribution is 0.0697. The highest BCUT2D eigenvalue weighted by molar-refractivity contribution is 5.94. The summed E-state index contributed by atoms with van der Waals surface area (Å²) in [6, 6.07) is 11.3. The molecule has 2 aromatic carbocycles. The van der Waals surface area contributed by atoms with E-state index in [0.29, 0.717) is 18.7 Å². The van der Waals surface area contributed by atoms with Crippen molar-refractivity contribution in [2.45, 2.75) is 12.5 Å². The molecule has 21 heavy (non-hydrogen) atoms. The van der Waals surface area contributed by atoms with Crippen LogP contribution in [0.25, 0.3) is 0 Å². The standard InChI is InChI=1S/C16H14FNO3/c17-10-5-6-13(12(9-10)16(19)20)18-14-7-8-21-15-4-2-1-3-11(14)15/h1-6,9,14,18H,7-8H2,(H,19,20). The SMILES string of the molecule is O=C(O)c1cc(F)ccc1NC1CCOc2ccccc21. The van der Waals surface area contributed by atoms with E-state index in [1.54, 1.807) is 0 Å². The van der Waals surface area contributed by atoms with Crippen molar-refractivity contribution in [2.24, 2.45) is 0 Å². The molecule has 0 saturated heterocycles. The van der Waals surface area contributed by atoms with Crippen LogP contribution in [0, 0.1) is 5.82 Å². The number of ether oxygens (including phenoxy) is 1. The van der Waals surface area contributed by atoms with Gasteiger partial charge in [-0.05, 0) is 24.3 Å². The number of rotatable bonds is 3. The summed E-state index contributed by atoms with van der Waals surface area (Å²) >= 11 is 0. The molecule has 1 unspecified atom stereocenters. The molecule has 4 nitrogen and oxygen atoms in total. The Balaban J connectivity index is 1.93. The molecule has 108 valence electrons. The molecular weight excluding hydrogens is 273 g/mol. The van der Waals surface area contributed by atoms with Gasteiger partial charge in [0.25, 0.3) is 0 Å². The van der Waals surface area contributed by atoms with Crippen molar-refractivity contribution in [3.8, 4) is 5.75 Å². The fraction of sp³-hybridized carbons (Fsp3) is 0.188. The highest BCUT2D eigenvalue weighted by atomic mass is 19.1. The molecule has 0 radical (unpaired) electrons. The van der Waals surface area contributed by atoms with Crippen molar-refractivity contribution >= 4 is 11.7 Å². The van der Waals surface area contributed by atoms with Crippen molar-refractivity contribution < 1.29 is 19.0 Å². The molecule has 0 fully saturated rings. The molecule has 0 aromatic heterocycles. The minimum Gasteiger partial charge on any atom is -0.493 e. The first-order chi connectivity index (χ1) is 10.1. The third kappa shape index (κ3) is 2.67. The summed E-state index contributed by atoms with van der Waals surface area (Å²) in [7, 11) is 0. The summed E-state index contributed by atoms with van der Waals surface area (Å²) in [4.78, 5) is 11.2. The van der Waals surface area contributed by atoms with Gasteiger partial charge in [0.2, 0.25) is 0 Å². The summed E-state index contributed by atoms with van der Waals surface area (Å²) in [5.41, 5.74) is 1.31. The van der Waals surface area contributed by atoms with Gasteiger partial charge in [-0.25, -0.2) is 9.18 Å². The quantitative estimate of drug-likeness (QED) is 0.907. The molecule has 0 saturated carbocycles. The number of carbonyl (C=O) groups is 1. The topological polar surface area (TPSA) is 58.6 Å². The van der Waals surface area contributed by atoms with Crippen LogP contribution in [0.15, 0.2) is 42.5 Å². The van der Waals surface area contributed by atoms with E-state index in [1.807, 2.05) is 24.3 Å². The second-order valence-electron chi connectivity index (χ2n) is 4.87. The van der Waals surface area contributed by atoms with Crippen LogP contribution >= 0.6 is 0 Å². The van der Waals surface area contributed by atoms with E-state index < -0.39 is 11.8 Å². The molecule has 2 aromatic rings. The first-order valence-electron chi connectivity index (χ1n) is 6.66. The summed E-state index contributed by atoms with van der Waals surface area (Å²) in [5.74, 6) is -0.928. The Morgan fingerprint density at radius 2 is 2.10 bits per heavy atom. The molecule has 3 rings (SSSR count). The van der Waals surface area contributed by atoms with Gasteiger partial charge in [-0.1, -0.05) is 18.2 Å². The van der Waals surface area contributed by atoms with Crippen molar-refractivity contribution in [2.75, 3.05) is 11.9 Å². The number of anilines is 1. The van der Waals surface area contributed by atoms with E-state index in [9.17, 15) is 14.3 Å². The Labute approximate surface area is 121 Å². The highest BCUT2D eigenvalue weighted by Gasteiger charge is 2.22. The van der Waals surface area contributed by atoms with E-state index in [4.69, 9.17) is 4.74 Å². The average molecular weight is 287 g/mol. The van der Waals surface area contributed by atoms with Crippen LogP contribution in [-0.4, -0.2) is 17.7 Å². The largest absolute Gasteiger partial charge is 0.493 e. The predicted octanol–water partition coefficient (Wildman–Crippen LogP) is 3.46. The fourth-order valence-corrected chi connectivity index (χ4v) is 2.50. The number of benzene rings is 2. The molecule has 0 spiro atoms. The lowest BCUT2D eigenvalue weighted by Gasteiger charge is -2.27. The number of para-hydroxylation sites is 1. The van der Waals surface area contributed by atoms with Gasteiger partial charge in [-0.3, -0.25) is 0 Å². The summed E-state index contributed by atoms with van der Waals surface area (Å²) in [6.45, 7) is 0.554. The number of halogens is 1. The number of nitrogens with one attached hydrogen (secondary N) is 1. The van der Waals surface area contributed by atoms with Gasteiger partial charge in [0.15, 0.2) is 0 Å². The van der Waals surface area contributed by atoms with E-state index in [-0.39, 0.29) is 11.6 Å². The Morgan fingerprint density at radius 3 is 2.90 bits per heavy atom. The van der Waals surface area contributed by atoms with Crippen molar-refractivity contribution in [1.29, 1.82) is 0 Å². The van der Waals surface area contributed by atoms with Gasteiger partial charge in [0.05, 0.1) is 18.2 Å². The minimum absolute atomic E-state index is 0.0569. The van der Waals surface area contributed by atoms with E-state index in [2.05, 4.69) is 5.32 Å². The van der Waals surface area contributed by atoms with E-state index in [0.717, 1.165) is 17.4 Å². The van der Waals surface area contributed by atoms with E-state index >= 15 is 0 Å². The van der Waals surface area contributed by atoms with Crippen LogP contribution < -0.4 is 10.1 Å². The molecular formula is C16H14FNO3. The van der Waals surface area contributed by atoms with Gasteiger partial charge >= 0.3 is 5.97 Å². The Kier molecular flexibility index (Phi) is 3.48. The molecule has 0 aliphatic carbocycles. The highest BCUT2D eigenvalue weighted by Crippen LogP contribution is 2.34. The normalized spacial score (nSPS) is 16.7. The van der Waals surface area contributed by atoms with Gasteiger partial charge in [0, 0.05) is 17.7 Å².